The zero-order valence-corrected chi connectivity index (χ0v) is 8.79. The monoisotopic (exact) mass is 242 g/mol. The van der Waals surface area contributed by atoms with Gasteiger partial charge in [-0.25, -0.2) is 0 Å². The lowest BCUT2D eigenvalue weighted by Crippen LogP contribution is -2.15. The fraction of sp³-hybridized carbons (Fsp3) is 0.400. The van der Waals surface area contributed by atoms with Crippen LogP contribution in [0.2, 0.25) is 0 Å². The number of ether oxygens (including phenoxy) is 2. The molecule has 1 aromatic carbocycles. The van der Waals surface area contributed by atoms with Crippen molar-refractivity contribution in [2.45, 2.75) is 12.5 Å². The van der Waals surface area contributed by atoms with Crippen molar-refractivity contribution in [2.75, 3.05) is 13.2 Å². The van der Waals surface area contributed by atoms with Crippen LogP contribution in [-0.4, -0.2) is 19.3 Å². The Labute approximate surface area is 86.0 Å². The summed E-state index contributed by atoms with van der Waals surface area (Å²) in [7, 11) is 0. The van der Waals surface area contributed by atoms with Crippen molar-refractivity contribution in [2.24, 2.45) is 0 Å². The smallest absolute Gasteiger partial charge is 0.124 e. The number of rotatable bonds is 2. The molecule has 0 N–H and O–H groups in total. The molecular formula is C10H11BrO2. The Bertz CT molecular complexity index is 265. The average molecular weight is 243 g/mol. The molecule has 1 saturated heterocycles. The Kier molecular flexibility index (Phi) is 2.86. The SMILES string of the molecule is Brc1ccc(O[C@@H]2CCOC2)cc1. The van der Waals surface area contributed by atoms with E-state index in [1.165, 1.54) is 0 Å². The summed E-state index contributed by atoms with van der Waals surface area (Å²) in [6.45, 7) is 1.54. The van der Waals surface area contributed by atoms with Crippen LogP contribution in [0.4, 0.5) is 0 Å². The zero-order valence-electron chi connectivity index (χ0n) is 7.20. The standard InChI is InChI=1S/C10H11BrO2/c11-8-1-3-9(4-2-8)13-10-5-6-12-7-10/h1-4,10H,5-7H2/t10-/m1/s1. The van der Waals surface area contributed by atoms with Crippen molar-refractivity contribution in [3.05, 3.63) is 28.7 Å². The first-order valence-corrected chi connectivity index (χ1v) is 5.14. The third kappa shape index (κ3) is 2.45. The topological polar surface area (TPSA) is 18.5 Å². The van der Waals surface area contributed by atoms with Crippen LogP contribution < -0.4 is 4.74 Å². The van der Waals surface area contributed by atoms with E-state index < -0.39 is 0 Å². The Morgan fingerprint density at radius 2 is 2.08 bits per heavy atom. The number of hydrogen-bond donors (Lipinski definition) is 0. The summed E-state index contributed by atoms with van der Waals surface area (Å²) in [5.41, 5.74) is 0. The van der Waals surface area contributed by atoms with Crippen LogP contribution in [0.5, 0.6) is 5.75 Å². The van der Waals surface area contributed by atoms with E-state index in [2.05, 4.69) is 15.9 Å². The van der Waals surface area contributed by atoms with Crippen molar-refractivity contribution < 1.29 is 9.47 Å². The Hall–Kier alpha value is -0.540. The molecule has 0 saturated carbocycles. The number of benzene rings is 1. The predicted molar refractivity (Wildman–Crippen MR) is 54.0 cm³/mol. The maximum atomic E-state index is 5.68. The molecule has 2 rings (SSSR count). The highest BCUT2D eigenvalue weighted by Crippen LogP contribution is 2.19. The molecular weight excluding hydrogens is 232 g/mol. The van der Waals surface area contributed by atoms with Gasteiger partial charge in [0.05, 0.1) is 13.2 Å². The van der Waals surface area contributed by atoms with Crippen molar-refractivity contribution >= 4 is 15.9 Å². The van der Waals surface area contributed by atoms with E-state index in [4.69, 9.17) is 9.47 Å². The van der Waals surface area contributed by atoms with Gasteiger partial charge >= 0.3 is 0 Å². The van der Waals surface area contributed by atoms with E-state index in [1.807, 2.05) is 24.3 Å². The molecule has 2 nitrogen and oxygen atoms in total. The second kappa shape index (κ2) is 4.11. The highest BCUT2D eigenvalue weighted by Gasteiger charge is 2.16. The minimum atomic E-state index is 0.237. The minimum absolute atomic E-state index is 0.237. The molecule has 3 heteroatoms. The van der Waals surface area contributed by atoms with Crippen molar-refractivity contribution in [3.8, 4) is 5.75 Å². The Morgan fingerprint density at radius 3 is 2.69 bits per heavy atom. The Balaban J connectivity index is 1.97. The van der Waals surface area contributed by atoms with E-state index in [0.29, 0.717) is 0 Å². The summed E-state index contributed by atoms with van der Waals surface area (Å²) in [6, 6.07) is 7.88. The normalized spacial score (nSPS) is 21.8. The highest BCUT2D eigenvalue weighted by molar-refractivity contribution is 9.10. The van der Waals surface area contributed by atoms with Crippen LogP contribution in [0.3, 0.4) is 0 Å². The van der Waals surface area contributed by atoms with Gasteiger partial charge in [0.1, 0.15) is 11.9 Å². The molecule has 1 heterocycles. The summed E-state index contributed by atoms with van der Waals surface area (Å²) in [6.07, 6.45) is 1.23. The lowest BCUT2D eigenvalue weighted by Gasteiger charge is -2.11. The molecule has 1 fully saturated rings. The van der Waals surface area contributed by atoms with E-state index in [9.17, 15) is 0 Å². The molecule has 0 aromatic heterocycles. The predicted octanol–water partition coefficient (Wildman–Crippen LogP) is 2.62. The first-order chi connectivity index (χ1) is 6.34. The van der Waals surface area contributed by atoms with Gasteiger partial charge in [-0.1, -0.05) is 15.9 Å². The van der Waals surface area contributed by atoms with Crippen LogP contribution in [0.25, 0.3) is 0 Å². The van der Waals surface area contributed by atoms with E-state index in [1.54, 1.807) is 0 Å². The summed E-state index contributed by atoms with van der Waals surface area (Å²) in [4.78, 5) is 0. The third-order valence-corrected chi connectivity index (χ3v) is 2.53. The van der Waals surface area contributed by atoms with Gasteiger partial charge in [-0.2, -0.15) is 0 Å². The Morgan fingerprint density at radius 1 is 1.31 bits per heavy atom. The van der Waals surface area contributed by atoms with E-state index in [-0.39, 0.29) is 6.10 Å². The molecule has 1 atom stereocenters. The lowest BCUT2D eigenvalue weighted by atomic mass is 10.3. The molecule has 0 amide bonds. The quantitative estimate of drug-likeness (QED) is 0.794. The fourth-order valence-corrected chi connectivity index (χ4v) is 1.58. The highest BCUT2D eigenvalue weighted by atomic mass is 79.9. The second-order valence-electron chi connectivity index (χ2n) is 3.06. The number of halogens is 1. The van der Waals surface area contributed by atoms with E-state index >= 15 is 0 Å². The van der Waals surface area contributed by atoms with Crippen molar-refractivity contribution in [1.82, 2.24) is 0 Å². The fourth-order valence-electron chi connectivity index (χ4n) is 1.31. The van der Waals surface area contributed by atoms with Crippen molar-refractivity contribution in [3.63, 3.8) is 0 Å². The van der Waals surface area contributed by atoms with Gasteiger partial charge in [0, 0.05) is 10.9 Å². The molecule has 1 aromatic rings. The first kappa shape index (κ1) is 9.03. The molecule has 1 aliphatic rings. The molecule has 70 valence electrons. The lowest BCUT2D eigenvalue weighted by molar-refractivity contribution is 0.141. The van der Waals surface area contributed by atoms with Gasteiger partial charge in [0.15, 0.2) is 0 Å². The summed E-state index contributed by atoms with van der Waals surface area (Å²) < 4.78 is 12.0. The van der Waals surface area contributed by atoms with Crippen LogP contribution in [0, 0.1) is 0 Å². The minimum Gasteiger partial charge on any atom is -0.488 e. The summed E-state index contributed by atoms with van der Waals surface area (Å²) in [5.74, 6) is 0.915. The molecule has 0 spiro atoms. The molecule has 0 aliphatic carbocycles. The zero-order chi connectivity index (χ0) is 9.10. The van der Waals surface area contributed by atoms with Crippen LogP contribution in [0.1, 0.15) is 6.42 Å². The van der Waals surface area contributed by atoms with Crippen LogP contribution >= 0.6 is 15.9 Å². The summed E-state index contributed by atoms with van der Waals surface area (Å²) >= 11 is 3.38. The van der Waals surface area contributed by atoms with Crippen molar-refractivity contribution in [1.29, 1.82) is 0 Å². The maximum Gasteiger partial charge on any atom is 0.124 e. The van der Waals surface area contributed by atoms with Gasteiger partial charge in [-0.3, -0.25) is 0 Å². The summed E-state index contributed by atoms with van der Waals surface area (Å²) in [5, 5.41) is 0. The molecule has 0 unspecified atom stereocenters. The van der Waals surface area contributed by atoms with Crippen LogP contribution in [0.15, 0.2) is 28.7 Å². The molecule has 1 aliphatic heterocycles. The van der Waals surface area contributed by atoms with E-state index in [0.717, 1.165) is 29.9 Å². The second-order valence-corrected chi connectivity index (χ2v) is 3.97. The van der Waals surface area contributed by atoms with Gasteiger partial charge in [0.25, 0.3) is 0 Å². The molecule has 13 heavy (non-hydrogen) atoms. The van der Waals surface area contributed by atoms with Gasteiger partial charge in [0.2, 0.25) is 0 Å². The first-order valence-electron chi connectivity index (χ1n) is 4.34. The van der Waals surface area contributed by atoms with Gasteiger partial charge in [-0.05, 0) is 24.3 Å². The van der Waals surface area contributed by atoms with Crippen LogP contribution in [-0.2, 0) is 4.74 Å². The molecule has 0 radical (unpaired) electrons. The largest absolute Gasteiger partial charge is 0.488 e. The number of hydrogen-bond acceptors (Lipinski definition) is 2. The van der Waals surface area contributed by atoms with Gasteiger partial charge < -0.3 is 9.47 Å². The molecule has 0 bridgehead atoms. The average Bonchev–Trinajstić information content (AvgIpc) is 2.62. The van der Waals surface area contributed by atoms with Gasteiger partial charge in [-0.15, -0.1) is 0 Å². The third-order valence-electron chi connectivity index (χ3n) is 2.00. The maximum absolute atomic E-state index is 5.68.